The van der Waals surface area contributed by atoms with Crippen molar-refractivity contribution in [2.45, 2.75) is 90.4 Å². The maximum Gasteiger partial charge on any atom is 0.261 e. The van der Waals surface area contributed by atoms with E-state index >= 15 is 0 Å². The van der Waals surface area contributed by atoms with Gasteiger partial charge in [-0.25, -0.2) is 0 Å². The normalized spacial score (nSPS) is 16.7. The van der Waals surface area contributed by atoms with Crippen molar-refractivity contribution in [3.05, 3.63) is 52.7 Å². The van der Waals surface area contributed by atoms with E-state index in [1.807, 2.05) is 34.1 Å². The van der Waals surface area contributed by atoms with Crippen LogP contribution in [0.3, 0.4) is 0 Å². The van der Waals surface area contributed by atoms with E-state index in [4.69, 9.17) is 8.23 Å². The summed E-state index contributed by atoms with van der Waals surface area (Å²) in [6.07, 6.45) is 1.67. The zero-order valence-electron chi connectivity index (χ0n) is 27.7. The molecule has 2 aromatic rings. The Morgan fingerprint density at radius 1 is 0.614 bits per heavy atom. The van der Waals surface area contributed by atoms with Gasteiger partial charge in [0.1, 0.15) is 0 Å². The molecule has 4 rings (SSSR count). The van der Waals surface area contributed by atoms with Gasteiger partial charge in [0.15, 0.2) is 33.3 Å². The minimum atomic E-state index is -1.88. The average Bonchev–Trinajstić information content (AvgIpc) is 3.58. The van der Waals surface area contributed by atoms with Crippen molar-refractivity contribution in [3.8, 4) is 0 Å². The molecule has 2 amide bonds. The second-order valence-corrected chi connectivity index (χ2v) is 37.8. The van der Waals surface area contributed by atoms with Gasteiger partial charge in [-0.1, -0.05) is 0 Å². The number of rotatable bonds is 14. The smallest absolute Gasteiger partial charge is 0.261 e. The van der Waals surface area contributed by atoms with Gasteiger partial charge in [0.2, 0.25) is 0 Å². The quantitative estimate of drug-likeness (QED) is 0.178. The van der Waals surface area contributed by atoms with E-state index < -0.39 is 33.3 Å². The van der Waals surface area contributed by atoms with Crippen LogP contribution in [0.5, 0.6) is 0 Å². The Morgan fingerprint density at radius 2 is 0.955 bits per heavy atom. The van der Waals surface area contributed by atoms with E-state index in [0.717, 1.165) is 53.7 Å². The summed E-state index contributed by atoms with van der Waals surface area (Å²) in [4.78, 5) is 34.5. The fraction of sp³-hybridized carbons (Fsp3) is 0.533. The Hall–Kier alpha value is -0.432. The molecular weight excluding hydrogens is 789 g/mol. The third kappa shape index (κ3) is 8.92. The minimum absolute atomic E-state index is 0.0720. The molecule has 4 heterocycles. The Morgan fingerprint density at radius 3 is 1.23 bits per heavy atom. The van der Waals surface area contributed by atoms with Crippen LogP contribution in [0.25, 0.3) is 11.4 Å². The number of nitrogens with zero attached hydrogens (tertiary/aromatic N) is 2. The highest BCUT2D eigenvalue weighted by Gasteiger charge is 2.49. The van der Waals surface area contributed by atoms with Crippen molar-refractivity contribution < 1.29 is 17.8 Å². The summed E-state index contributed by atoms with van der Waals surface area (Å²) in [6.45, 7) is 23.6. The SMILES string of the molecule is C[Si](C)(C)O[Si](C)(C)CCCN1C(=O)C2=C(c3ccc(Br)s3)N(CCC[Si](C)(C)O[Si](C)(C)C)C(=O)C2=C1c1ccc(Br)s1. The molecule has 0 fully saturated rings. The molecule has 0 radical (unpaired) electrons. The van der Waals surface area contributed by atoms with Crippen molar-refractivity contribution in [1.82, 2.24) is 9.80 Å². The molecule has 0 N–H and O–H groups in total. The lowest BCUT2D eigenvalue weighted by molar-refractivity contribution is -0.124. The number of carbonyl (C=O) groups excluding carboxylic acids is 2. The molecule has 0 aromatic carbocycles. The molecule has 242 valence electrons. The van der Waals surface area contributed by atoms with Gasteiger partial charge >= 0.3 is 0 Å². The third-order valence-electron chi connectivity index (χ3n) is 7.28. The Labute approximate surface area is 292 Å². The van der Waals surface area contributed by atoms with Gasteiger partial charge in [0.25, 0.3) is 11.8 Å². The molecule has 0 atom stereocenters. The van der Waals surface area contributed by atoms with Crippen molar-refractivity contribution in [2.75, 3.05) is 13.1 Å². The first-order valence-electron chi connectivity index (χ1n) is 15.2. The molecule has 6 nitrogen and oxygen atoms in total. The van der Waals surface area contributed by atoms with Gasteiger partial charge in [-0.05, 0) is 147 Å². The second kappa shape index (κ2) is 13.6. The molecule has 14 heteroatoms. The van der Waals surface area contributed by atoms with Gasteiger partial charge < -0.3 is 18.0 Å². The van der Waals surface area contributed by atoms with Crippen LogP contribution in [0.1, 0.15) is 22.6 Å². The van der Waals surface area contributed by atoms with Crippen molar-refractivity contribution >= 4 is 111 Å². The number of thiophene rings is 2. The summed E-state index contributed by atoms with van der Waals surface area (Å²) in [5, 5.41) is 0. The monoisotopic (exact) mass is 832 g/mol. The van der Waals surface area contributed by atoms with Crippen LogP contribution < -0.4 is 0 Å². The predicted octanol–water partition coefficient (Wildman–Crippen LogP) is 10.0. The molecule has 0 aliphatic carbocycles. The number of halogens is 2. The second-order valence-electron chi connectivity index (χ2n) is 14.7. The number of carbonyl (C=O) groups is 2. The largest absolute Gasteiger partial charge is 0.456 e. The molecule has 2 aliphatic heterocycles. The molecule has 0 saturated heterocycles. The maximum absolute atomic E-state index is 14.4. The molecule has 0 bridgehead atoms. The highest BCUT2D eigenvalue weighted by molar-refractivity contribution is 9.11. The summed E-state index contributed by atoms with van der Waals surface area (Å²) in [6, 6.07) is 9.95. The topological polar surface area (TPSA) is 59.1 Å². The van der Waals surface area contributed by atoms with Crippen LogP contribution in [-0.4, -0.2) is 68.0 Å². The maximum atomic E-state index is 14.4. The third-order valence-corrected chi connectivity index (χ3v) is 23.0. The van der Waals surface area contributed by atoms with E-state index in [2.05, 4.69) is 97.3 Å². The number of fused-ring (bicyclic) bond motifs is 1. The van der Waals surface area contributed by atoms with Gasteiger partial charge in [-0.15, -0.1) is 22.7 Å². The lowest BCUT2D eigenvalue weighted by Gasteiger charge is -2.32. The van der Waals surface area contributed by atoms with E-state index in [1.54, 1.807) is 22.7 Å². The van der Waals surface area contributed by atoms with Crippen LogP contribution in [0.4, 0.5) is 0 Å². The number of hydrogen-bond donors (Lipinski definition) is 0. The molecule has 0 saturated carbocycles. The highest BCUT2D eigenvalue weighted by Crippen LogP contribution is 2.49. The molecule has 2 aromatic heterocycles. The average molecular weight is 835 g/mol. The first kappa shape index (κ1) is 36.4. The van der Waals surface area contributed by atoms with Gasteiger partial charge in [-0.2, -0.15) is 0 Å². The van der Waals surface area contributed by atoms with E-state index in [-0.39, 0.29) is 11.8 Å². The Kier molecular flexibility index (Phi) is 11.2. The molecule has 44 heavy (non-hydrogen) atoms. The van der Waals surface area contributed by atoms with Crippen LogP contribution in [0, 0.1) is 0 Å². The van der Waals surface area contributed by atoms with E-state index in [9.17, 15) is 9.59 Å². The Balaban J connectivity index is 1.70. The fourth-order valence-corrected chi connectivity index (χ4v) is 25.3. The molecule has 0 spiro atoms. The van der Waals surface area contributed by atoms with Crippen molar-refractivity contribution in [1.29, 1.82) is 0 Å². The first-order valence-corrected chi connectivity index (χ1v) is 31.5. The van der Waals surface area contributed by atoms with Crippen molar-refractivity contribution in [2.24, 2.45) is 0 Å². The Bertz CT molecular complexity index is 1380. The van der Waals surface area contributed by atoms with Crippen LogP contribution >= 0.6 is 54.5 Å². The summed E-state index contributed by atoms with van der Waals surface area (Å²) in [7, 11) is -7.09. The van der Waals surface area contributed by atoms with E-state index in [1.165, 1.54) is 0 Å². The summed E-state index contributed by atoms with van der Waals surface area (Å²) < 4.78 is 15.1. The number of amides is 2. The zero-order valence-corrected chi connectivity index (χ0v) is 36.5. The lowest BCUT2D eigenvalue weighted by atomic mass is 10.1. The number of hydrogen-bond acceptors (Lipinski definition) is 6. The molecule has 2 aliphatic rings. The van der Waals surface area contributed by atoms with Crippen molar-refractivity contribution in [3.63, 3.8) is 0 Å². The lowest BCUT2D eigenvalue weighted by Crippen LogP contribution is -2.42. The van der Waals surface area contributed by atoms with Crippen LogP contribution in [-0.2, 0) is 17.8 Å². The summed E-state index contributed by atoms with van der Waals surface area (Å²) in [5.41, 5.74) is 2.61. The molecule has 0 unspecified atom stereocenters. The fourth-order valence-electron chi connectivity index (χ4n) is 6.30. The predicted molar refractivity (Wildman–Crippen MR) is 204 cm³/mol. The minimum Gasteiger partial charge on any atom is -0.456 e. The van der Waals surface area contributed by atoms with Gasteiger partial charge in [-0.3, -0.25) is 9.59 Å². The van der Waals surface area contributed by atoms with Gasteiger partial charge in [0.05, 0.1) is 39.9 Å². The zero-order chi connectivity index (χ0) is 32.8. The highest BCUT2D eigenvalue weighted by atomic mass is 79.9. The van der Waals surface area contributed by atoms with E-state index in [0.29, 0.717) is 24.2 Å². The standard InChI is InChI=1S/C30H46Br2N2O4S2Si4/c1-41(2,3)37-43(7,8)19-11-17-33-27(21-13-15-23(31)39-21)25-26(29(33)35)28(22-14-16-24(32)40-22)34(30(25)36)18-12-20-44(9,10)38-42(4,5)6/h13-16H,11-12,17-20H2,1-10H3. The summed E-state index contributed by atoms with van der Waals surface area (Å²) in [5.74, 6) is -0.144. The molecular formula is C30H46Br2N2O4S2Si4. The van der Waals surface area contributed by atoms with Crippen LogP contribution in [0.15, 0.2) is 43.0 Å². The first-order chi connectivity index (χ1) is 20.2. The van der Waals surface area contributed by atoms with Gasteiger partial charge in [0, 0.05) is 13.1 Å². The summed E-state index contributed by atoms with van der Waals surface area (Å²) >= 11 is 10.4. The van der Waals surface area contributed by atoms with Crippen LogP contribution in [0.2, 0.25) is 77.6 Å².